The highest BCUT2D eigenvalue weighted by Crippen LogP contribution is 2.19. The Kier molecular flexibility index (Phi) is 5.05. The predicted molar refractivity (Wildman–Crippen MR) is 79.0 cm³/mol. The molecule has 0 atom stereocenters. The molecule has 0 saturated carbocycles. The predicted octanol–water partition coefficient (Wildman–Crippen LogP) is 0.701. The fraction of sp³-hybridized carbons (Fsp3) is 0.385. The topological polar surface area (TPSA) is 99.8 Å². The number of nitrogens with one attached hydrogen (secondary N) is 3. The van der Waals surface area contributed by atoms with Crippen LogP contribution in [0.2, 0.25) is 0 Å². The zero-order chi connectivity index (χ0) is 15.3. The first-order valence-electron chi connectivity index (χ1n) is 6.67. The van der Waals surface area contributed by atoms with Gasteiger partial charge in [0.2, 0.25) is 10.0 Å². The summed E-state index contributed by atoms with van der Waals surface area (Å²) in [6, 6.07) is 5.28. The molecule has 0 radical (unpaired) electrons. The van der Waals surface area contributed by atoms with E-state index in [9.17, 15) is 8.42 Å². The largest absolute Gasteiger partial charge is 0.313 e. The summed E-state index contributed by atoms with van der Waals surface area (Å²) in [5, 5.41) is 9.50. The number of rotatable bonds is 7. The molecule has 2 rings (SSSR count). The van der Waals surface area contributed by atoms with Crippen LogP contribution in [0.25, 0.3) is 0 Å². The molecule has 0 amide bonds. The Balaban J connectivity index is 2.19. The van der Waals surface area contributed by atoms with Crippen molar-refractivity contribution in [3.8, 4) is 0 Å². The van der Waals surface area contributed by atoms with Gasteiger partial charge in [0.1, 0.15) is 12.2 Å². The van der Waals surface area contributed by atoms with Gasteiger partial charge < -0.3 is 5.32 Å². The van der Waals surface area contributed by atoms with Crippen molar-refractivity contribution >= 4 is 10.0 Å². The van der Waals surface area contributed by atoms with Crippen molar-refractivity contribution in [3.05, 3.63) is 41.5 Å². The number of aromatic amines is 1. The van der Waals surface area contributed by atoms with Crippen LogP contribution >= 0.6 is 0 Å². The molecule has 3 N–H and O–H groups in total. The minimum atomic E-state index is -3.58. The van der Waals surface area contributed by atoms with Crippen LogP contribution in [0.1, 0.15) is 23.9 Å². The van der Waals surface area contributed by atoms with Crippen molar-refractivity contribution < 1.29 is 8.42 Å². The molecule has 1 aromatic carbocycles. The average Bonchev–Trinajstić information content (AvgIpc) is 2.97. The third-order valence-electron chi connectivity index (χ3n) is 3.15. The molecular weight excluding hydrogens is 290 g/mol. The lowest BCUT2D eigenvalue weighted by Gasteiger charge is -2.12. The van der Waals surface area contributed by atoms with Crippen LogP contribution in [0.4, 0.5) is 0 Å². The zero-order valence-corrected chi connectivity index (χ0v) is 12.9. The lowest BCUT2D eigenvalue weighted by Crippen LogP contribution is -2.25. The molecule has 8 heteroatoms. The quantitative estimate of drug-likeness (QED) is 0.699. The Bertz CT molecular complexity index is 683. The van der Waals surface area contributed by atoms with Gasteiger partial charge >= 0.3 is 0 Å². The number of hydrogen-bond acceptors (Lipinski definition) is 5. The van der Waals surface area contributed by atoms with Gasteiger partial charge in [-0.3, -0.25) is 5.10 Å². The summed E-state index contributed by atoms with van der Waals surface area (Å²) in [5.74, 6) is 0.472. The molecule has 0 aliphatic carbocycles. The Hall–Kier alpha value is -1.77. The number of aromatic nitrogens is 3. The van der Waals surface area contributed by atoms with Gasteiger partial charge in [0, 0.05) is 6.54 Å². The summed E-state index contributed by atoms with van der Waals surface area (Å²) in [6.45, 7) is 5.39. The molecule has 0 saturated heterocycles. The van der Waals surface area contributed by atoms with Crippen LogP contribution in [0.3, 0.4) is 0 Å². The Morgan fingerprint density at radius 1 is 1.29 bits per heavy atom. The third kappa shape index (κ3) is 3.87. The first kappa shape index (κ1) is 15.6. The Labute approximate surface area is 124 Å². The molecule has 0 bridgehead atoms. The third-order valence-corrected chi connectivity index (χ3v) is 4.69. The molecule has 114 valence electrons. The van der Waals surface area contributed by atoms with Crippen LogP contribution in [0.15, 0.2) is 29.4 Å². The molecule has 1 heterocycles. The number of hydrogen-bond donors (Lipinski definition) is 3. The van der Waals surface area contributed by atoms with E-state index in [0.717, 1.165) is 17.7 Å². The molecule has 7 nitrogen and oxygen atoms in total. The maximum absolute atomic E-state index is 12.4. The number of benzene rings is 1. The molecule has 0 fully saturated rings. The highest BCUT2D eigenvalue weighted by molar-refractivity contribution is 7.89. The van der Waals surface area contributed by atoms with Crippen molar-refractivity contribution in [2.45, 2.75) is 31.8 Å². The molecule has 21 heavy (non-hydrogen) atoms. The summed E-state index contributed by atoms with van der Waals surface area (Å²) in [4.78, 5) is 4.18. The van der Waals surface area contributed by atoms with Gasteiger partial charge in [-0.25, -0.2) is 18.1 Å². The van der Waals surface area contributed by atoms with Crippen molar-refractivity contribution in [2.24, 2.45) is 0 Å². The van der Waals surface area contributed by atoms with Crippen molar-refractivity contribution in [2.75, 3.05) is 6.54 Å². The lowest BCUT2D eigenvalue weighted by molar-refractivity contribution is 0.578. The highest BCUT2D eigenvalue weighted by Gasteiger charge is 2.18. The van der Waals surface area contributed by atoms with Gasteiger partial charge in [0.05, 0.1) is 11.4 Å². The molecule has 2 aromatic rings. The molecule has 0 aliphatic rings. The van der Waals surface area contributed by atoms with E-state index in [2.05, 4.69) is 25.2 Å². The first-order valence-corrected chi connectivity index (χ1v) is 8.16. The number of H-pyrrole nitrogens is 1. The van der Waals surface area contributed by atoms with E-state index >= 15 is 0 Å². The summed E-state index contributed by atoms with van der Waals surface area (Å²) in [5.41, 5.74) is 1.72. The maximum atomic E-state index is 12.4. The SMILES string of the molecule is CCNCc1cccc(S(=O)(=O)NCc2ncn[nH]2)c1C. The summed E-state index contributed by atoms with van der Waals surface area (Å²) < 4.78 is 27.3. The Morgan fingerprint density at radius 2 is 2.10 bits per heavy atom. The van der Waals surface area contributed by atoms with Crippen LogP contribution in [0, 0.1) is 6.92 Å². The average molecular weight is 309 g/mol. The van der Waals surface area contributed by atoms with Gasteiger partial charge in [0.25, 0.3) is 0 Å². The monoisotopic (exact) mass is 309 g/mol. The summed E-state index contributed by atoms with van der Waals surface area (Å²) in [6.07, 6.45) is 1.34. The van der Waals surface area contributed by atoms with Gasteiger partial charge in [-0.1, -0.05) is 19.1 Å². The molecule has 0 unspecified atom stereocenters. The van der Waals surface area contributed by atoms with E-state index in [1.165, 1.54) is 6.33 Å². The lowest BCUT2D eigenvalue weighted by atomic mass is 10.1. The highest BCUT2D eigenvalue weighted by atomic mass is 32.2. The fourth-order valence-corrected chi connectivity index (χ4v) is 3.23. The van der Waals surface area contributed by atoms with E-state index < -0.39 is 10.0 Å². The number of nitrogens with zero attached hydrogens (tertiary/aromatic N) is 2. The van der Waals surface area contributed by atoms with E-state index in [1.54, 1.807) is 12.1 Å². The second-order valence-corrected chi connectivity index (χ2v) is 6.31. The first-order chi connectivity index (χ1) is 10.0. The van der Waals surface area contributed by atoms with Gasteiger partial charge in [0.15, 0.2) is 0 Å². The van der Waals surface area contributed by atoms with Gasteiger partial charge in [-0.2, -0.15) is 5.10 Å². The fourth-order valence-electron chi connectivity index (χ4n) is 1.96. The normalized spacial score (nSPS) is 11.7. The van der Waals surface area contributed by atoms with E-state index in [4.69, 9.17) is 0 Å². The maximum Gasteiger partial charge on any atom is 0.241 e. The molecule has 0 spiro atoms. The van der Waals surface area contributed by atoms with Gasteiger partial charge in [-0.05, 0) is 30.7 Å². The minimum absolute atomic E-state index is 0.0826. The van der Waals surface area contributed by atoms with Crippen LogP contribution in [0.5, 0.6) is 0 Å². The minimum Gasteiger partial charge on any atom is -0.313 e. The van der Waals surface area contributed by atoms with Crippen LogP contribution < -0.4 is 10.0 Å². The molecular formula is C13H19N5O2S. The second kappa shape index (κ2) is 6.79. The second-order valence-electron chi connectivity index (χ2n) is 4.58. The molecule has 0 aliphatic heterocycles. The summed E-state index contributed by atoms with van der Waals surface area (Å²) in [7, 11) is -3.58. The smallest absolute Gasteiger partial charge is 0.241 e. The zero-order valence-electron chi connectivity index (χ0n) is 12.0. The van der Waals surface area contributed by atoms with Gasteiger partial charge in [-0.15, -0.1) is 0 Å². The van der Waals surface area contributed by atoms with Crippen molar-refractivity contribution in [3.63, 3.8) is 0 Å². The van der Waals surface area contributed by atoms with E-state index in [0.29, 0.717) is 12.4 Å². The summed E-state index contributed by atoms with van der Waals surface area (Å²) >= 11 is 0. The van der Waals surface area contributed by atoms with E-state index in [1.807, 2.05) is 19.9 Å². The molecule has 1 aromatic heterocycles. The van der Waals surface area contributed by atoms with E-state index in [-0.39, 0.29) is 11.4 Å². The van der Waals surface area contributed by atoms with Crippen molar-refractivity contribution in [1.82, 2.24) is 25.2 Å². The standard InChI is InChI=1S/C13H19N5O2S/c1-3-14-7-11-5-4-6-12(10(11)2)21(19,20)17-8-13-15-9-16-18-13/h4-6,9,14,17H,3,7-8H2,1-2H3,(H,15,16,18). The van der Waals surface area contributed by atoms with Crippen LogP contribution in [-0.4, -0.2) is 30.1 Å². The van der Waals surface area contributed by atoms with Crippen molar-refractivity contribution in [1.29, 1.82) is 0 Å². The Morgan fingerprint density at radius 3 is 2.76 bits per heavy atom. The van der Waals surface area contributed by atoms with Crippen LogP contribution in [-0.2, 0) is 23.1 Å². The number of sulfonamides is 1.